The van der Waals surface area contributed by atoms with Crippen molar-refractivity contribution >= 4 is 33.6 Å². The highest BCUT2D eigenvalue weighted by atomic mass is 79.9. The van der Waals surface area contributed by atoms with E-state index < -0.39 is 0 Å². The smallest absolute Gasteiger partial charge is 0.211 e. The van der Waals surface area contributed by atoms with E-state index in [1.165, 1.54) is 6.08 Å². The average Bonchev–Trinajstić information content (AvgIpc) is 2.12. The van der Waals surface area contributed by atoms with Gasteiger partial charge < -0.3 is 0 Å². The van der Waals surface area contributed by atoms with Crippen LogP contribution in [-0.2, 0) is 11.2 Å². The van der Waals surface area contributed by atoms with E-state index in [9.17, 15) is 4.79 Å². The molecule has 4 heteroatoms. The standard InChI is InChI=1S/C9H7BrClNO/c10-8-2-1-7(5-9(8)11)3-4-12-6-13/h1-2,5H,3-4H2. The van der Waals surface area contributed by atoms with Crippen molar-refractivity contribution in [1.29, 1.82) is 0 Å². The summed E-state index contributed by atoms with van der Waals surface area (Å²) < 4.78 is 0.872. The molecule has 0 aliphatic carbocycles. The summed E-state index contributed by atoms with van der Waals surface area (Å²) in [6.07, 6.45) is 2.21. The van der Waals surface area contributed by atoms with Gasteiger partial charge in [0.25, 0.3) is 0 Å². The Labute approximate surface area is 89.8 Å². The van der Waals surface area contributed by atoms with Crippen molar-refractivity contribution in [2.24, 2.45) is 4.99 Å². The Morgan fingerprint density at radius 1 is 1.54 bits per heavy atom. The molecule has 0 N–H and O–H groups in total. The van der Waals surface area contributed by atoms with Gasteiger partial charge in [0, 0.05) is 4.47 Å². The van der Waals surface area contributed by atoms with Gasteiger partial charge in [-0.2, -0.15) is 0 Å². The SMILES string of the molecule is O=C=NCCc1ccc(Br)c(Cl)c1. The maximum atomic E-state index is 9.79. The molecular formula is C9H7BrClNO. The number of isocyanates is 1. The Hall–Kier alpha value is -0.630. The van der Waals surface area contributed by atoms with Gasteiger partial charge in [0.05, 0.1) is 11.6 Å². The Kier molecular flexibility index (Phi) is 4.16. The molecule has 68 valence electrons. The predicted molar refractivity (Wildman–Crippen MR) is 55.8 cm³/mol. The van der Waals surface area contributed by atoms with Crippen molar-refractivity contribution < 1.29 is 4.79 Å². The highest BCUT2D eigenvalue weighted by Gasteiger charge is 1.98. The Bertz CT molecular complexity index is 347. The van der Waals surface area contributed by atoms with Gasteiger partial charge in [-0.3, -0.25) is 0 Å². The maximum absolute atomic E-state index is 9.79. The predicted octanol–water partition coefficient (Wildman–Crippen LogP) is 2.98. The number of nitrogens with zero attached hydrogens (tertiary/aromatic N) is 1. The van der Waals surface area contributed by atoms with Crippen molar-refractivity contribution in [3.05, 3.63) is 33.3 Å². The summed E-state index contributed by atoms with van der Waals surface area (Å²) in [6, 6.07) is 5.67. The van der Waals surface area contributed by atoms with Crippen molar-refractivity contribution in [2.45, 2.75) is 6.42 Å². The monoisotopic (exact) mass is 259 g/mol. The van der Waals surface area contributed by atoms with Crippen LogP contribution in [0.2, 0.25) is 5.02 Å². The number of halogens is 2. The number of benzene rings is 1. The summed E-state index contributed by atoms with van der Waals surface area (Å²) in [5.74, 6) is 0. The van der Waals surface area contributed by atoms with Crippen LogP contribution in [0.15, 0.2) is 27.7 Å². The second-order valence-electron chi connectivity index (χ2n) is 2.47. The third-order valence-electron chi connectivity index (χ3n) is 1.56. The van der Waals surface area contributed by atoms with Crippen LogP contribution in [0.4, 0.5) is 0 Å². The third kappa shape index (κ3) is 3.31. The minimum Gasteiger partial charge on any atom is -0.211 e. The molecule has 1 rings (SSSR count). The molecule has 0 spiro atoms. The van der Waals surface area contributed by atoms with Gasteiger partial charge in [0.1, 0.15) is 0 Å². The molecule has 0 radical (unpaired) electrons. The first-order chi connectivity index (χ1) is 6.24. The molecule has 0 atom stereocenters. The molecule has 1 aromatic carbocycles. The fourth-order valence-corrected chi connectivity index (χ4v) is 1.38. The highest BCUT2D eigenvalue weighted by molar-refractivity contribution is 9.10. The van der Waals surface area contributed by atoms with E-state index in [1.807, 2.05) is 18.2 Å². The van der Waals surface area contributed by atoms with Crippen LogP contribution < -0.4 is 0 Å². The van der Waals surface area contributed by atoms with Crippen molar-refractivity contribution in [3.8, 4) is 0 Å². The zero-order valence-electron chi connectivity index (χ0n) is 6.76. The molecule has 0 aliphatic rings. The first-order valence-electron chi connectivity index (χ1n) is 3.71. The quantitative estimate of drug-likeness (QED) is 0.607. The molecule has 0 bridgehead atoms. The molecule has 0 fully saturated rings. The molecule has 0 aliphatic heterocycles. The molecule has 13 heavy (non-hydrogen) atoms. The van der Waals surface area contributed by atoms with Crippen LogP contribution in [0.5, 0.6) is 0 Å². The lowest BCUT2D eigenvalue weighted by molar-refractivity contribution is 0.563. The van der Waals surface area contributed by atoms with E-state index in [-0.39, 0.29) is 0 Å². The van der Waals surface area contributed by atoms with Crippen molar-refractivity contribution in [1.82, 2.24) is 0 Å². The van der Waals surface area contributed by atoms with Crippen LogP contribution in [0, 0.1) is 0 Å². The van der Waals surface area contributed by atoms with Gasteiger partial charge in [0.2, 0.25) is 6.08 Å². The summed E-state index contributed by atoms with van der Waals surface area (Å²) in [4.78, 5) is 13.2. The molecule has 0 aromatic heterocycles. The molecule has 0 amide bonds. The van der Waals surface area contributed by atoms with Crippen LogP contribution in [0.25, 0.3) is 0 Å². The minimum atomic E-state index is 0.460. The van der Waals surface area contributed by atoms with Gasteiger partial charge in [-0.1, -0.05) is 17.7 Å². The van der Waals surface area contributed by atoms with E-state index >= 15 is 0 Å². The zero-order chi connectivity index (χ0) is 9.68. The molecular weight excluding hydrogens is 253 g/mol. The average molecular weight is 261 g/mol. The van der Waals surface area contributed by atoms with E-state index in [2.05, 4.69) is 20.9 Å². The summed E-state index contributed by atoms with van der Waals surface area (Å²) in [5.41, 5.74) is 1.06. The Balaban J connectivity index is 2.68. The maximum Gasteiger partial charge on any atom is 0.234 e. The van der Waals surface area contributed by atoms with E-state index in [1.54, 1.807) is 0 Å². The largest absolute Gasteiger partial charge is 0.234 e. The highest BCUT2D eigenvalue weighted by Crippen LogP contribution is 2.23. The molecule has 0 unspecified atom stereocenters. The fraction of sp³-hybridized carbons (Fsp3) is 0.222. The zero-order valence-corrected chi connectivity index (χ0v) is 9.10. The third-order valence-corrected chi connectivity index (χ3v) is 2.79. The fourth-order valence-electron chi connectivity index (χ4n) is 0.926. The van der Waals surface area contributed by atoms with Crippen LogP contribution in [0.3, 0.4) is 0 Å². The molecule has 1 aromatic rings. The first kappa shape index (κ1) is 10.5. The lowest BCUT2D eigenvalue weighted by Crippen LogP contribution is -1.88. The first-order valence-corrected chi connectivity index (χ1v) is 4.88. The van der Waals surface area contributed by atoms with Gasteiger partial charge in [-0.05, 0) is 40.0 Å². The van der Waals surface area contributed by atoms with Gasteiger partial charge in [0.15, 0.2) is 0 Å². The summed E-state index contributed by atoms with van der Waals surface area (Å²) >= 11 is 9.17. The van der Waals surface area contributed by atoms with Gasteiger partial charge >= 0.3 is 0 Å². The van der Waals surface area contributed by atoms with Crippen molar-refractivity contribution in [2.75, 3.05) is 6.54 Å². The number of carbonyl (C=O) groups excluding carboxylic acids is 1. The number of aliphatic imine (C=N–C) groups is 1. The Morgan fingerprint density at radius 2 is 2.31 bits per heavy atom. The van der Waals surface area contributed by atoms with Crippen LogP contribution in [0.1, 0.15) is 5.56 Å². The number of hydrogen-bond donors (Lipinski definition) is 0. The molecule has 0 saturated carbocycles. The van der Waals surface area contributed by atoms with Gasteiger partial charge in [-0.25, -0.2) is 9.79 Å². The molecule has 0 saturated heterocycles. The van der Waals surface area contributed by atoms with E-state index in [0.29, 0.717) is 18.0 Å². The van der Waals surface area contributed by atoms with E-state index in [0.717, 1.165) is 10.0 Å². The number of hydrogen-bond acceptors (Lipinski definition) is 2. The van der Waals surface area contributed by atoms with Crippen LogP contribution >= 0.6 is 27.5 Å². The van der Waals surface area contributed by atoms with Gasteiger partial charge in [-0.15, -0.1) is 0 Å². The summed E-state index contributed by atoms with van der Waals surface area (Å²) in [6.45, 7) is 0.460. The second-order valence-corrected chi connectivity index (χ2v) is 3.73. The lowest BCUT2D eigenvalue weighted by Gasteiger charge is -1.99. The molecule has 0 heterocycles. The summed E-state index contributed by atoms with van der Waals surface area (Å²) in [5, 5.41) is 0.674. The minimum absolute atomic E-state index is 0.460. The summed E-state index contributed by atoms with van der Waals surface area (Å²) in [7, 11) is 0. The normalized spacial score (nSPS) is 9.38. The second kappa shape index (κ2) is 5.18. The molecule has 2 nitrogen and oxygen atoms in total. The van der Waals surface area contributed by atoms with Crippen molar-refractivity contribution in [3.63, 3.8) is 0 Å². The number of rotatable bonds is 3. The topological polar surface area (TPSA) is 29.4 Å². The lowest BCUT2D eigenvalue weighted by atomic mass is 10.1. The van der Waals surface area contributed by atoms with E-state index in [4.69, 9.17) is 11.6 Å². The van der Waals surface area contributed by atoms with Crippen LogP contribution in [-0.4, -0.2) is 12.6 Å². The Morgan fingerprint density at radius 3 is 2.92 bits per heavy atom.